The third-order valence-corrected chi connectivity index (χ3v) is 6.89. The molecule has 44 heavy (non-hydrogen) atoms. The van der Waals surface area contributed by atoms with Gasteiger partial charge < -0.3 is 28.4 Å². The van der Waals surface area contributed by atoms with Crippen LogP contribution >= 0.6 is 75.8 Å². The minimum absolute atomic E-state index is 0.00157. The first-order chi connectivity index (χ1) is 20.8. The van der Waals surface area contributed by atoms with Crippen molar-refractivity contribution in [2.75, 3.05) is 74.2 Å². The van der Waals surface area contributed by atoms with Crippen LogP contribution in [0.1, 0.15) is 39.5 Å². The molecular formula is C26H44O12S6. The van der Waals surface area contributed by atoms with Gasteiger partial charge in [-0.1, -0.05) is 6.92 Å². The van der Waals surface area contributed by atoms with Crippen LogP contribution in [0.25, 0.3) is 0 Å². The van der Waals surface area contributed by atoms with Crippen LogP contribution in [0, 0.1) is 10.8 Å². The van der Waals surface area contributed by atoms with Gasteiger partial charge in [0, 0.05) is 17.3 Å². The van der Waals surface area contributed by atoms with Crippen molar-refractivity contribution in [3.8, 4) is 0 Å². The molecule has 0 bridgehead atoms. The third-order valence-electron chi connectivity index (χ3n) is 5.45. The van der Waals surface area contributed by atoms with E-state index in [4.69, 9.17) is 28.4 Å². The number of hydrogen-bond donors (Lipinski definition) is 6. The maximum absolute atomic E-state index is 11.6. The Bertz CT molecular complexity index is 784. The Balaban J connectivity index is 0. The van der Waals surface area contributed by atoms with Crippen LogP contribution in [0.2, 0.25) is 0 Å². The van der Waals surface area contributed by atoms with E-state index in [1.54, 1.807) is 6.92 Å². The normalized spacial score (nSPS) is 10.9. The second-order valence-corrected chi connectivity index (χ2v) is 11.8. The van der Waals surface area contributed by atoms with Crippen LogP contribution in [0.3, 0.4) is 0 Å². The fourth-order valence-electron chi connectivity index (χ4n) is 2.65. The lowest BCUT2D eigenvalue weighted by Gasteiger charge is -2.31. The van der Waals surface area contributed by atoms with E-state index in [0.29, 0.717) is 23.7 Å². The predicted molar refractivity (Wildman–Crippen MR) is 184 cm³/mol. The van der Waals surface area contributed by atoms with E-state index < -0.39 is 46.6 Å². The maximum atomic E-state index is 11.6. The van der Waals surface area contributed by atoms with Crippen molar-refractivity contribution < 1.29 is 57.2 Å². The zero-order valence-corrected chi connectivity index (χ0v) is 30.3. The van der Waals surface area contributed by atoms with E-state index >= 15 is 0 Å². The molecule has 0 fully saturated rings. The molecule has 0 aliphatic heterocycles. The molecule has 0 saturated heterocycles. The van der Waals surface area contributed by atoms with Crippen LogP contribution in [0.15, 0.2) is 0 Å². The average molecular weight is 741 g/mol. The minimum Gasteiger partial charge on any atom is -0.465 e. The highest BCUT2D eigenvalue weighted by molar-refractivity contribution is 7.81. The quantitative estimate of drug-likeness (QED) is 0.0548. The van der Waals surface area contributed by atoms with Crippen molar-refractivity contribution in [1.29, 1.82) is 0 Å². The van der Waals surface area contributed by atoms with Gasteiger partial charge in [-0.05, 0) is 13.3 Å². The van der Waals surface area contributed by atoms with Crippen molar-refractivity contribution in [3.63, 3.8) is 0 Å². The van der Waals surface area contributed by atoms with E-state index in [1.165, 1.54) is 0 Å². The standard InChI is InChI=1S/C15H26O6S3.C11H18O6S3/c1-2-15(9-19-12(16)3-6-22,10-20-13(17)4-7-23)11-21-14(18)5-8-24;1-11(5-15-8(12)2-18,6-16-9(13)3-19)7-17-10(14)4-20/h22-24H,2-11H2,1H3;18-20H,2-7H2,1H3. The summed E-state index contributed by atoms with van der Waals surface area (Å²) < 4.78 is 30.5. The number of ether oxygens (including phenoxy) is 6. The van der Waals surface area contributed by atoms with Gasteiger partial charge in [-0.25, -0.2) is 0 Å². The molecule has 0 aromatic rings. The molecular weight excluding hydrogens is 697 g/mol. The summed E-state index contributed by atoms with van der Waals surface area (Å²) in [6, 6.07) is 0. The third kappa shape index (κ3) is 23.3. The molecule has 0 aromatic heterocycles. The molecule has 0 atom stereocenters. The minimum atomic E-state index is -0.837. The van der Waals surface area contributed by atoms with Crippen LogP contribution < -0.4 is 0 Å². The van der Waals surface area contributed by atoms with Gasteiger partial charge in [0.2, 0.25) is 0 Å². The summed E-state index contributed by atoms with van der Waals surface area (Å²) in [7, 11) is 0. The zero-order valence-electron chi connectivity index (χ0n) is 24.9. The lowest BCUT2D eigenvalue weighted by molar-refractivity contribution is -0.162. The van der Waals surface area contributed by atoms with E-state index in [-0.39, 0.29) is 76.2 Å². The summed E-state index contributed by atoms with van der Waals surface area (Å²) in [5.41, 5.74) is -1.61. The fraction of sp³-hybridized carbons (Fsp3) is 0.769. The first kappa shape index (κ1) is 45.0. The average Bonchev–Trinajstić information content (AvgIpc) is 3.02. The summed E-state index contributed by atoms with van der Waals surface area (Å²) in [6.45, 7) is 3.32. The summed E-state index contributed by atoms with van der Waals surface area (Å²) in [5, 5.41) is 0. The molecule has 0 heterocycles. The first-order valence-corrected chi connectivity index (χ1v) is 17.2. The highest BCUT2D eigenvalue weighted by atomic mass is 32.1. The molecule has 0 amide bonds. The molecule has 0 aliphatic carbocycles. The topological polar surface area (TPSA) is 158 Å². The van der Waals surface area contributed by atoms with E-state index in [2.05, 4.69) is 75.8 Å². The van der Waals surface area contributed by atoms with Crippen molar-refractivity contribution >= 4 is 112 Å². The molecule has 0 aromatic carbocycles. The van der Waals surface area contributed by atoms with Crippen molar-refractivity contribution in [1.82, 2.24) is 0 Å². The summed E-state index contributed by atoms with van der Waals surface area (Å²) >= 11 is 23.3. The highest BCUT2D eigenvalue weighted by Gasteiger charge is 2.34. The van der Waals surface area contributed by atoms with Gasteiger partial charge in [-0.15, -0.1) is 0 Å². The highest BCUT2D eigenvalue weighted by Crippen LogP contribution is 2.25. The Morgan fingerprint density at radius 2 is 0.705 bits per heavy atom. The Hall–Kier alpha value is -1.08. The Morgan fingerprint density at radius 1 is 0.455 bits per heavy atom. The second kappa shape index (κ2) is 27.1. The number of esters is 6. The molecule has 0 spiro atoms. The first-order valence-electron chi connectivity index (χ1n) is 13.4. The Kier molecular flexibility index (Phi) is 27.7. The molecule has 0 radical (unpaired) electrons. The number of carbonyl (C=O) groups excluding carboxylic acids is 6. The van der Waals surface area contributed by atoms with E-state index in [0.717, 1.165) is 0 Å². The van der Waals surface area contributed by atoms with Gasteiger partial charge >= 0.3 is 35.8 Å². The maximum Gasteiger partial charge on any atom is 0.315 e. The molecule has 12 nitrogen and oxygen atoms in total. The van der Waals surface area contributed by atoms with Gasteiger partial charge in [-0.2, -0.15) is 75.8 Å². The molecule has 0 aliphatic rings. The SMILES string of the molecule is CC(COC(=O)CS)(COC(=O)CS)COC(=O)CS.CCC(COC(=O)CCS)(COC(=O)CCS)COC(=O)CCS. The van der Waals surface area contributed by atoms with Gasteiger partial charge in [0.05, 0.1) is 47.4 Å². The summed E-state index contributed by atoms with van der Waals surface area (Å²) in [6.07, 6.45) is 1.05. The lowest BCUT2D eigenvalue weighted by Crippen LogP contribution is -2.39. The summed E-state index contributed by atoms with van der Waals surface area (Å²) in [5.74, 6) is -1.79. The van der Waals surface area contributed by atoms with Crippen molar-refractivity contribution in [3.05, 3.63) is 0 Å². The van der Waals surface area contributed by atoms with Gasteiger partial charge in [-0.3, -0.25) is 28.8 Å². The molecule has 0 N–H and O–H groups in total. The van der Waals surface area contributed by atoms with Crippen molar-refractivity contribution in [2.45, 2.75) is 39.5 Å². The smallest absolute Gasteiger partial charge is 0.315 e. The van der Waals surface area contributed by atoms with Gasteiger partial charge in [0.15, 0.2) is 0 Å². The van der Waals surface area contributed by atoms with Gasteiger partial charge in [0.25, 0.3) is 0 Å². The molecule has 256 valence electrons. The number of hydrogen-bond acceptors (Lipinski definition) is 18. The monoisotopic (exact) mass is 740 g/mol. The lowest BCUT2D eigenvalue weighted by atomic mass is 9.88. The number of thiol groups is 6. The zero-order chi connectivity index (χ0) is 34.0. The number of rotatable bonds is 22. The Labute approximate surface area is 291 Å². The van der Waals surface area contributed by atoms with Crippen LogP contribution in [0.4, 0.5) is 0 Å². The van der Waals surface area contributed by atoms with E-state index in [1.807, 2.05) is 6.92 Å². The van der Waals surface area contributed by atoms with Crippen molar-refractivity contribution in [2.24, 2.45) is 10.8 Å². The van der Waals surface area contributed by atoms with Gasteiger partial charge in [0.1, 0.15) is 39.6 Å². The van der Waals surface area contributed by atoms with Crippen LogP contribution in [-0.4, -0.2) is 110 Å². The largest absolute Gasteiger partial charge is 0.465 e. The predicted octanol–water partition coefficient (Wildman–Crippen LogP) is 2.38. The number of carbonyl (C=O) groups is 6. The molecule has 18 heteroatoms. The molecule has 0 unspecified atom stereocenters. The second-order valence-electron chi connectivity index (χ2n) is 9.52. The molecule has 0 saturated carbocycles. The molecule has 0 rings (SSSR count). The van der Waals surface area contributed by atoms with Crippen LogP contribution in [0.5, 0.6) is 0 Å². The fourth-order valence-corrected chi connectivity index (χ4v) is 3.47. The summed E-state index contributed by atoms with van der Waals surface area (Å²) in [4.78, 5) is 68.1. The van der Waals surface area contributed by atoms with Crippen LogP contribution in [-0.2, 0) is 57.2 Å². The Morgan fingerprint density at radius 3 is 0.909 bits per heavy atom. The van der Waals surface area contributed by atoms with E-state index in [9.17, 15) is 28.8 Å².